The van der Waals surface area contributed by atoms with Gasteiger partial charge in [-0.05, 0) is 52.1 Å². The third kappa shape index (κ3) is 3.33. The van der Waals surface area contributed by atoms with Crippen molar-refractivity contribution in [2.24, 2.45) is 5.92 Å². The molecule has 1 N–H and O–H groups in total. The fraction of sp³-hybridized carbons (Fsp3) is 0.824. The Morgan fingerprint density at radius 3 is 2.57 bits per heavy atom. The predicted molar refractivity (Wildman–Crippen MR) is 89.9 cm³/mol. The standard InChI is InChI=1S/C17H29N3S/c1-11(2)9-18-10-16-12(3)19-17(21-16)13-7-14-5-6-15(8-13)20(14)4/h11,13-15,18H,5-10H2,1-4H3. The summed E-state index contributed by atoms with van der Waals surface area (Å²) in [6.07, 6.45) is 5.42. The molecule has 0 radical (unpaired) electrons. The average Bonchev–Trinajstić information content (AvgIpc) is 2.86. The summed E-state index contributed by atoms with van der Waals surface area (Å²) >= 11 is 1.96. The van der Waals surface area contributed by atoms with Crippen molar-refractivity contribution < 1.29 is 0 Å². The summed E-state index contributed by atoms with van der Waals surface area (Å²) < 4.78 is 0. The van der Waals surface area contributed by atoms with Crippen LogP contribution in [-0.2, 0) is 6.54 Å². The van der Waals surface area contributed by atoms with Gasteiger partial charge in [0.15, 0.2) is 0 Å². The summed E-state index contributed by atoms with van der Waals surface area (Å²) in [7, 11) is 2.31. The molecule has 2 atom stereocenters. The van der Waals surface area contributed by atoms with Crippen LogP contribution in [0.4, 0.5) is 0 Å². The van der Waals surface area contributed by atoms with Gasteiger partial charge in [0.1, 0.15) is 0 Å². The van der Waals surface area contributed by atoms with Crippen LogP contribution in [0, 0.1) is 12.8 Å². The van der Waals surface area contributed by atoms with Crippen molar-refractivity contribution >= 4 is 11.3 Å². The number of nitrogens with one attached hydrogen (secondary N) is 1. The lowest BCUT2D eigenvalue weighted by Crippen LogP contribution is -2.39. The van der Waals surface area contributed by atoms with Gasteiger partial charge in [-0.3, -0.25) is 0 Å². The fourth-order valence-electron chi connectivity index (χ4n) is 3.88. The lowest BCUT2D eigenvalue weighted by atomic mass is 9.92. The normalized spacial score (nSPS) is 29.5. The molecule has 1 aromatic rings. The van der Waals surface area contributed by atoms with Crippen molar-refractivity contribution in [1.82, 2.24) is 15.2 Å². The van der Waals surface area contributed by atoms with Crippen LogP contribution < -0.4 is 5.32 Å². The van der Waals surface area contributed by atoms with Gasteiger partial charge in [0, 0.05) is 29.4 Å². The Kier molecular flexibility index (Phi) is 4.67. The van der Waals surface area contributed by atoms with E-state index in [2.05, 4.69) is 38.0 Å². The first-order chi connectivity index (χ1) is 10.0. The highest BCUT2D eigenvalue weighted by Crippen LogP contribution is 2.43. The minimum Gasteiger partial charge on any atom is -0.312 e. The molecule has 21 heavy (non-hydrogen) atoms. The average molecular weight is 308 g/mol. The van der Waals surface area contributed by atoms with E-state index in [0.29, 0.717) is 11.8 Å². The van der Waals surface area contributed by atoms with Crippen LogP contribution in [0.25, 0.3) is 0 Å². The molecular formula is C17H29N3S. The third-order valence-corrected chi connectivity index (χ3v) is 6.51. The van der Waals surface area contributed by atoms with Gasteiger partial charge in [-0.15, -0.1) is 11.3 Å². The molecule has 3 rings (SSSR count). The highest BCUT2D eigenvalue weighted by atomic mass is 32.1. The number of fused-ring (bicyclic) bond motifs is 2. The third-order valence-electron chi connectivity index (χ3n) is 5.19. The Morgan fingerprint density at radius 2 is 1.95 bits per heavy atom. The maximum Gasteiger partial charge on any atom is 0.0963 e. The Hall–Kier alpha value is -0.450. The second-order valence-corrected chi connectivity index (χ2v) is 8.42. The summed E-state index contributed by atoms with van der Waals surface area (Å²) in [5, 5.41) is 4.96. The van der Waals surface area contributed by atoms with Crippen molar-refractivity contribution in [3.05, 3.63) is 15.6 Å². The van der Waals surface area contributed by atoms with E-state index < -0.39 is 0 Å². The maximum atomic E-state index is 4.91. The Balaban J connectivity index is 1.64. The quantitative estimate of drug-likeness (QED) is 0.902. The largest absolute Gasteiger partial charge is 0.312 e. The van der Waals surface area contributed by atoms with Gasteiger partial charge in [-0.25, -0.2) is 4.98 Å². The molecule has 2 unspecified atom stereocenters. The molecule has 2 fully saturated rings. The number of rotatable bonds is 5. The topological polar surface area (TPSA) is 28.2 Å². The van der Waals surface area contributed by atoms with E-state index in [1.54, 1.807) is 0 Å². The Morgan fingerprint density at radius 1 is 1.29 bits per heavy atom. The minimum atomic E-state index is 0.709. The number of aromatic nitrogens is 1. The zero-order valence-electron chi connectivity index (χ0n) is 13.9. The van der Waals surface area contributed by atoms with Crippen molar-refractivity contribution in [1.29, 1.82) is 0 Å². The zero-order valence-corrected chi connectivity index (χ0v) is 14.7. The van der Waals surface area contributed by atoms with E-state index in [1.165, 1.54) is 41.3 Å². The van der Waals surface area contributed by atoms with Gasteiger partial charge in [-0.2, -0.15) is 0 Å². The van der Waals surface area contributed by atoms with E-state index in [-0.39, 0.29) is 0 Å². The number of hydrogen-bond acceptors (Lipinski definition) is 4. The summed E-state index contributed by atoms with van der Waals surface area (Å²) in [4.78, 5) is 8.97. The fourth-order valence-corrected chi connectivity index (χ4v) is 5.04. The lowest BCUT2D eigenvalue weighted by molar-refractivity contribution is 0.161. The van der Waals surface area contributed by atoms with E-state index in [0.717, 1.165) is 25.2 Å². The highest BCUT2D eigenvalue weighted by Gasteiger charge is 2.39. The van der Waals surface area contributed by atoms with E-state index in [9.17, 15) is 0 Å². The first-order valence-electron chi connectivity index (χ1n) is 8.43. The van der Waals surface area contributed by atoms with Gasteiger partial charge in [-0.1, -0.05) is 13.8 Å². The van der Waals surface area contributed by atoms with Gasteiger partial charge in [0.05, 0.1) is 10.7 Å². The van der Waals surface area contributed by atoms with Crippen LogP contribution in [0.15, 0.2) is 0 Å². The Bertz CT molecular complexity index is 468. The van der Waals surface area contributed by atoms with Crippen molar-refractivity contribution in [3.8, 4) is 0 Å². The smallest absolute Gasteiger partial charge is 0.0963 e. The van der Waals surface area contributed by atoms with Gasteiger partial charge < -0.3 is 10.2 Å². The molecule has 1 aromatic heterocycles. The van der Waals surface area contributed by atoms with E-state index in [1.807, 2.05) is 11.3 Å². The molecule has 0 aliphatic carbocycles. The molecule has 0 saturated carbocycles. The Labute approximate surface area is 133 Å². The number of nitrogens with zero attached hydrogens (tertiary/aromatic N) is 2. The summed E-state index contributed by atoms with van der Waals surface area (Å²) in [5.41, 5.74) is 1.25. The molecular weight excluding hydrogens is 278 g/mol. The first-order valence-corrected chi connectivity index (χ1v) is 9.25. The van der Waals surface area contributed by atoms with Gasteiger partial charge in [0.25, 0.3) is 0 Å². The van der Waals surface area contributed by atoms with Crippen LogP contribution in [0.3, 0.4) is 0 Å². The predicted octanol–water partition coefficient (Wildman–Crippen LogP) is 3.54. The van der Waals surface area contributed by atoms with E-state index >= 15 is 0 Å². The number of piperidine rings is 1. The van der Waals surface area contributed by atoms with Crippen LogP contribution >= 0.6 is 11.3 Å². The number of aryl methyl sites for hydroxylation is 1. The molecule has 2 aliphatic rings. The zero-order chi connectivity index (χ0) is 15.0. The van der Waals surface area contributed by atoms with Crippen LogP contribution in [0.5, 0.6) is 0 Å². The molecule has 3 heterocycles. The lowest BCUT2D eigenvalue weighted by Gasteiger charge is -2.35. The SMILES string of the molecule is Cc1nc(C2CC3CCC(C2)N3C)sc1CNCC(C)C. The molecule has 2 saturated heterocycles. The molecule has 118 valence electrons. The monoisotopic (exact) mass is 307 g/mol. The van der Waals surface area contributed by atoms with Crippen LogP contribution in [0.1, 0.15) is 61.0 Å². The molecule has 0 aromatic carbocycles. The molecule has 2 bridgehead atoms. The highest BCUT2D eigenvalue weighted by molar-refractivity contribution is 7.11. The number of thiazole rings is 1. The van der Waals surface area contributed by atoms with Crippen molar-refractivity contribution in [2.75, 3.05) is 13.6 Å². The molecule has 3 nitrogen and oxygen atoms in total. The van der Waals surface area contributed by atoms with Gasteiger partial charge >= 0.3 is 0 Å². The molecule has 0 amide bonds. The maximum absolute atomic E-state index is 4.91. The summed E-state index contributed by atoms with van der Waals surface area (Å²) in [6.45, 7) is 8.76. The second kappa shape index (κ2) is 6.35. The van der Waals surface area contributed by atoms with Crippen molar-refractivity contribution in [2.45, 2.75) is 71.0 Å². The molecule has 2 aliphatic heterocycles. The van der Waals surface area contributed by atoms with Crippen LogP contribution in [0.2, 0.25) is 0 Å². The van der Waals surface area contributed by atoms with Crippen LogP contribution in [-0.4, -0.2) is 35.6 Å². The molecule has 0 spiro atoms. The van der Waals surface area contributed by atoms with Crippen molar-refractivity contribution in [3.63, 3.8) is 0 Å². The second-order valence-electron chi connectivity index (χ2n) is 7.30. The van der Waals surface area contributed by atoms with E-state index in [4.69, 9.17) is 4.98 Å². The minimum absolute atomic E-state index is 0.709. The van der Waals surface area contributed by atoms with Gasteiger partial charge in [0.2, 0.25) is 0 Å². The summed E-state index contributed by atoms with van der Waals surface area (Å²) in [5.74, 6) is 1.42. The first kappa shape index (κ1) is 15.4. The number of hydrogen-bond donors (Lipinski definition) is 1. The molecule has 4 heteroatoms. The summed E-state index contributed by atoms with van der Waals surface area (Å²) in [6, 6.07) is 1.61.